The van der Waals surface area contributed by atoms with E-state index >= 15 is 0 Å². The standard InChI is InChI=1S/C19H24N4O2/c1-14-4-7-16(8-5-14)25-19-17(9-6-15(2)20-19)18(21-24)23-12-10-22(3)11-13-23/h4-9,24H,10-13H2,1-3H3/b21-18-. The monoisotopic (exact) mass is 340 g/mol. The summed E-state index contributed by atoms with van der Waals surface area (Å²) in [6, 6.07) is 11.6. The number of oxime groups is 1. The lowest BCUT2D eigenvalue weighted by atomic mass is 10.2. The number of ether oxygens (including phenoxy) is 1. The van der Waals surface area contributed by atoms with E-state index in [1.807, 2.05) is 50.2 Å². The highest BCUT2D eigenvalue weighted by atomic mass is 16.5. The number of hydrogen-bond acceptors (Lipinski definition) is 5. The third-order valence-corrected chi connectivity index (χ3v) is 4.37. The van der Waals surface area contributed by atoms with E-state index in [4.69, 9.17) is 4.74 Å². The van der Waals surface area contributed by atoms with Gasteiger partial charge in [-0.1, -0.05) is 22.9 Å². The van der Waals surface area contributed by atoms with Crippen LogP contribution in [-0.2, 0) is 0 Å². The molecule has 6 heteroatoms. The zero-order chi connectivity index (χ0) is 17.8. The Morgan fingerprint density at radius 2 is 1.72 bits per heavy atom. The van der Waals surface area contributed by atoms with Crippen molar-refractivity contribution in [2.45, 2.75) is 13.8 Å². The minimum Gasteiger partial charge on any atom is -0.438 e. The molecule has 1 N–H and O–H groups in total. The van der Waals surface area contributed by atoms with Gasteiger partial charge in [0.1, 0.15) is 5.75 Å². The van der Waals surface area contributed by atoms with Crippen molar-refractivity contribution in [2.75, 3.05) is 33.2 Å². The summed E-state index contributed by atoms with van der Waals surface area (Å²) >= 11 is 0. The maximum Gasteiger partial charge on any atom is 0.230 e. The van der Waals surface area contributed by atoms with Crippen LogP contribution in [-0.4, -0.2) is 59.1 Å². The molecule has 2 heterocycles. The quantitative estimate of drug-likeness (QED) is 0.403. The SMILES string of the molecule is Cc1ccc(Oc2nc(C)ccc2/C(=N/O)N2CCN(C)CC2)cc1. The third kappa shape index (κ3) is 4.09. The topological polar surface area (TPSA) is 61.2 Å². The molecule has 0 unspecified atom stereocenters. The molecule has 0 bridgehead atoms. The second-order valence-electron chi connectivity index (χ2n) is 6.43. The van der Waals surface area contributed by atoms with E-state index < -0.39 is 0 Å². The summed E-state index contributed by atoms with van der Waals surface area (Å²) in [4.78, 5) is 8.83. The Labute approximate surface area is 148 Å². The van der Waals surface area contributed by atoms with Crippen molar-refractivity contribution < 1.29 is 9.94 Å². The molecule has 0 aliphatic carbocycles. The van der Waals surface area contributed by atoms with Crippen LogP contribution >= 0.6 is 0 Å². The van der Waals surface area contributed by atoms with Gasteiger partial charge in [0.2, 0.25) is 5.88 Å². The van der Waals surface area contributed by atoms with Gasteiger partial charge in [0.05, 0.1) is 5.56 Å². The van der Waals surface area contributed by atoms with E-state index in [9.17, 15) is 5.21 Å². The Bertz CT molecular complexity index is 751. The van der Waals surface area contributed by atoms with Gasteiger partial charge >= 0.3 is 0 Å². The predicted octanol–water partition coefficient (Wildman–Crippen LogP) is 2.87. The molecule has 0 radical (unpaired) electrons. The summed E-state index contributed by atoms with van der Waals surface area (Å²) in [7, 11) is 2.09. The Morgan fingerprint density at radius 3 is 2.36 bits per heavy atom. The highest BCUT2D eigenvalue weighted by molar-refractivity contribution is 6.00. The Kier molecular flexibility index (Phi) is 5.19. The van der Waals surface area contributed by atoms with E-state index in [2.05, 4.69) is 27.0 Å². The van der Waals surface area contributed by atoms with Gasteiger partial charge in [-0.05, 0) is 45.2 Å². The zero-order valence-electron chi connectivity index (χ0n) is 14.9. The summed E-state index contributed by atoms with van der Waals surface area (Å²) in [5.41, 5.74) is 2.71. The van der Waals surface area contributed by atoms with Crippen LogP contribution in [0.2, 0.25) is 0 Å². The fraction of sp³-hybridized carbons (Fsp3) is 0.368. The molecular weight excluding hydrogens is 316 g/mol. The van der Waals surface area contributed by atoms with Crippen molar-refractivity contribution in [3.8, 4) is 11.6 Å². The highest BCUT2D eigenvalue weighted by Gasteiger charge is 2.23. The second kappa shape index (κ2) is 7.53. The number of rotatable bonds is 3. The van der Waals surface area contributed by atoms with Crippen molar-refractivity contribution in [1.29, 1.82) is 0 Å². The van der Waals surface area contributed by atoms with Crippen LogP contribution in [0.4, 0.5) is 0 Å². The Balaban J connectivity index is 1.91. The molecule has 0 amide bonds. The average molecular weight is 340 g/mol. The molecule has 1 aromatic heterocycles. The van der Waals surface area contributed by atoms with Crippen molar-refractivity contribution >= 4 is 5.84 Å². The van der Waals surface area contributed by atoms with Crippen LogP contribution in [0, 0.1) is 13.8 Å². The van der Waals surface area contributed by atoms with E-state index in [0.717, 1.165) is 31.9 Å². The molecule has 3 rings (SSSR count). The van der Waals surface area contributed by atoms with Crippen LogP contribution in [0.3, 0.4) is 0 Å². The number of nitrogens with zero attached hydrogens (tertiary/aromatic N) is 4. The molecule has 0 atom stereocenters. The van der Waals surface area contributed by atoms with Crippen molar-refractivity contribution in [3.63, 3.8) is 0 Å². The molecule has 1 saturated heterocycles. The van der Waals surface area contributed by atoms with Gasteiger partial charge in [-0.25, -0.2) is 4.98 Å². The van der Waals surface area contributed by atoms with Gasteiger partial charge in [0.25, 0.3) is 0 Å². The van der Waals surface area contributed by atoms with Crippen molar-refractivity contribution in [1.82, 2.24) is 14.8 Å². The fourth-order valence-electron chi connectivity index (χ4n) is 2.80. The van der Waals surface area contributed by atoms with Crippen LogP contribution in [0.1, 0.15) is 16.8 Å². The van der Waals surface area contributed by atoms with Gasteiger partial charge in [0.15, 0.2) is 5.84 Å². The summed E-state index contributed by atoms with van der Waals surface area (Å²) < 4.78 is 6.00. The first-order valence-electron chi connectivity index (χ1n) is 8.45. The van der Waals surface area contributed by atoms with Crippen LogP contribution in [0.25, 0.3) is 0 Å². The molecule has 0 saturated carbocycles. The molecule has 25 heavy (non-hydrogen) atoms. The number of hydrogen-bond donors (Lipinski definition) is 1. The van der Waals surface area contributed by atoms with Gasteiger partial charge in [0, 0.05) is 31.9 Å². The number of likely N-dealkylation sites (N-methyl/N-ethyl adjacent to an activating group) is 1. The van der Waals surface area contributed by atoms with Gasteiger partial charge in [-0.15, -0.1) is 0 Å². The summed E-state index contributed by atoms with van der Waals surface area (Å²) in [6.07, 6.45) is 0. The lowest BCUT2D eigenvalue weighted by Gasteiger charge is -2.34. The van der Waals surface area contributed by atoms with Gasteiger partial charge in [-0.2, -0.15) is 0 Å². The van der Waals surface area contributed by atoms with E-state index in [1.165, 1.54) is 5.56 Å². The van der Waals surface area contributed by atoms with Gasteiger partial charge < -0.3 is 19.7 Å². The molecular formula is C19H24N4O2. The maximum absolute atomic E-state index is 9.64. The number of aryl methyl sites for hydroxylation is 2. The molecule has 1 aliphatic rings. The number of piperazine rings is 1. The van der Waals surface area contributed by atoms with Crippen molar-refractivity contribution in [3.05, 3.63) is 53.2 Å². The van der Waals surface area contributed by atoms with Crippen LogP contribution in [0.5, 0.6) is 11.6 Å². The average Bonchev–Trinajstić information content (AvgIpc) is 2.61. The normalized spacial score (nSPS) is 16.1. The summed E-state index contributed by atoms with van der Waals surface area (Å²) in [5, 5.41) is 13.2. The number of aromatic nitrogens is 1. The number of pyridine rings is 1. The largest absolute Gasteiger partial charge is 0.438 e. The second-order valence-corrected chi connectivity index (χ2v) is 6.43. The van der Waals surface area contributed by atoms with E-state index in [0.29, 0.717) is 23.0 Å². The first kappa shape index (κ1) is 17.2. The highest BCUT2D eigenvalue weighted by Crippen LogP contribution is 2.26. The van der Waals surface area contributed by atoms with Crippen LogP contribution < -0.4 is 4.74 Å². The van der Waals surface area contributed by atoms with Crippen LogP contribution in [0.15, 0.2) is 41.6 Å². The van der Waals surface area contributed by atoms with E-state index in [-0.39, 0.29) is 0 Å². The molecule has 1 aromatic carbocycles. The third-order valence-electron chi connectivity index (χ3n) is 4.37. The molecule has 132 valence electrons. The molecule has 0 spiro atoms. The number of benzene rings is 1. The molecule has 6 nitrogen and oxygen atoms in total. The zero-order valence-corrected chi connectivity index (χ0v) is 14.9. The summed E-state index contributed by atoms with van der Waals surface area (Å²) in [6.45, 7) is 7.39. The predicted molar refractivity (Wildman–Crippen MR) is 97.6 cm³/mol. The molecule has 1 fully saturated rings. The number of amidine groups is 1. The first-order chi connectivity index (χ1) is 12.1. The lowest BCUT2D eigenvalue weighted by Crippen LogP contribution is -2.47. The Hall–Kier alpha value is -2.60. The summed E-state index contributed by atoms with van der Waals surface area (Å²) in [5.74, 6) is 1.67. The van der Waals surface area contributed by atoms with E-state index in [1.54, 1.807) is 0 Å². The Morgan fingerprint density at radius 1 is 1.04 bits per heavy atom. The van der Waals surface area contributed by atoms with Gasteiger partial charge in [-0.3, -0.25) is 0 Å². The van der Waals surface area contributed by atoms with Crippen molar-refractivity contribution in [2.24, 2.45) is 5.16 Å². The fourth-order valence-corrected chi connectivity index (χ4v) is 2.80. The lowest BCUT2D eigenvalue weighted by molar-refractivity contribution is 0.207. The minimum absolute atomic E-state index is 0.454. The molecule has 2 aromatic rings. The molecule has 1 aliphatic heterocycles. The smallest absolute Gasteiger partial charge is 0.230 e. The first-order valence-corrected chi connectivity index (χ1v) is 8.45. The maximum atomic E-state index is 9.64. The minimum atomic E-state index is 0.454.